The summed E-state index contributed by atoms with van der Waals surface area (Å²) in [5, 5.41) is 6.16. The van der Waals surface area contributed by atoms with Crippen LogP contribution in [-0.2, 0) is 6.18 Å². The molecule has 10 heteroatoms. The molecule has 1 aromatic carbocycles. The van der Waals surface area contributed by atoms with E-state index in [2.05, 4.69) is 47.3 Å². The molecule has 2 N–H and O–H groups in total. The summed E-state index contributed by atoms with van der Waals surface area (Å²) in [4.78, 5) is 26.2. The monoisotopic (exact) mass is 499 g/mol. The van der Waals surface area contributed by atoms with Gasteiger partial charge in [-0.25, -0.2) is 15.0 Å². The number of carbonyl (C=O) groups is 1. The van der Waals surface area contributed by atoms with Crippen molar-refractivity contribution in [2.24, 2.45) is 0 Å². The maximum absolute atomic E-state index is 13.0. The van der Waals surface area contributed by atoms with Crippen LogP contribution in [0.15, 0.2) is 36.5 Å². The van der Waals surface area contributed by atoms with Crippen LogP contribution >= 0.6 is 0 Å². The number of halogens is 3. The minimum atomic E-state index is -4.53. The number of hydrogen-bond donors (Lipinski definition) is 2. The molecule has 192 valence electrons. The number of unbranched alkanes of at least 4 members (excludes halogenated alkanes) is 4. The summed E-state index contributed by atoms with van der Waals surface area (Å²) < 4.78 is 39.0. The molecule has 0 radical (unpaired) electrons. The van der Waals surface area contributed by atoms with Gasteiger partial charge in [0.2, 0.25) is 0 Å². The number of alkyl halides is 3. The van der Waals surface area contributed by atoms with Crippen molar-refractivity contribution in [1.29, 1.82) is 0 Å². The molecule has 1 unspecified atom stereocenters. The Labute approximate surface area is 210 Å². The highest BCUT2D eigenvalue weighted by Gasteiger charge is 2.31. The molecule has 2 heterocycles. The second kappa shape index (κ2) is 11.7. The molecule has 3 rings (SSSR count). The molecule has 36 heavy (non-hydrogen) atoms. The van der Waals surface area contributed by atoms with E-state index in [0.717, 1.165) is 31.4 Å². The fraction of sp³-hybridized carbons (Fsp3) is 0.462. The van der Waals surface area contributed by atoms with Crippen molar-refractivity contribution in [1.82, 2.24) is 15.0 Å². The van der Waals surface area contributed by atoms with E-state index in [4.69, 9.17) is 0 Å². The molecule has 1 atom stereocenters. The van der Waals surface area contributed by atoms with Gasteiger partial charge in [-0.05, 0) is 44.0 Å². The first-order valence-electron chi connectivity index (χ1n) is 12.5. The maximum atomic E-state index is 13.0. The van der Waals surface area contributed by atoms with E-state index in [0.29, 0.717) is 28.4 Å². The standard InChI is InChI=1S/C26H33BF3N5O/c1-4-6-7-8-9-13-25(27,5-2)35-22-16-31-21-15-20(17(3)32-23(21)34-22)33-24(36)18-11-10-12-19(14-18)26(28,29)30/h10-12,14-16H,4-9,13,27H2,1-3H3,(H,33,36)(H,32,34,35). The predicted molar refractivity (Wildman–Crippen MR) is 140 cm³/mol. The average molecular weight is 499 g/mol. The number of nitrogens with one attached hydrogen (secondary N) is 2. The van der Waals surface area contributed by atoms with Crippen LogP contribution in [0, 0.1) is 6.92 Å². The largest absolute Gasteiger partial charge is 0.416 e. The Morgan fingerprint density at radius 3 is 2.50 bits per heavy atom. The second-order valence-electron chi connectivity index (χ2n) is 9.46. The van der Waals surface area contributed by atoms with Gasteiger partial charge in [0, 0.05) is 11.0 Å². The van der Waals surface area contributed by atoms with Gasteiger partial charge in [-0.2, -0.15) is 13.2 Å². The fourth-order valence-electron chi connectivity index (χ4n) is 4.01. The van der Waals surface area contributed by atoms with Crippen LogP contribution in [0.25, 0.3) is 11.2 Å². The van der Waals surface area contributed by atoms with E-state index in [-0.39, 0.29) is 11.0 Å². The van der Waals surface area contributed by atoms with E-state index < -0.39 is 17.6 Å². The molecule has 6 nitrogen and oxygen atoms in total. The third kappa shape index (κ3) is 7.18. The number of hydrogen-bond acceptors (Lipinski definition) is 5. The van der Waals surface area contributed by atoms with Crippen molar-refractivity contribution < 1.29 is 18.0 Å². The number of rotatable bonds is 11. The van der Waals surface area contributed by atoms with Crippen LogP contribution in [0.2, 0.25) is 0 Å². The third-order valence-electron chi connectivity index (χ3n) is 6.47. The van der Waals surface area contributed by atoms with Crippen molar-refractivity contribution >= 4 is 36.4 Å². The normalized spacial score (nSPS) is 13.4. The van der Waals surface area contributed by atoms with Crippen LogP contribution in [0.4, 0.5) is 24.7 Å². The molecule has 3 aromatic rings. The van der Waals surface area contributed by atoms with Gasteiger partial charge >= 0.3 is 6.18 Å². The SMILES string of the molecule is BC(CC)(CCCCCCC)Nc1cnc2cc(NC(=O)c3cccc(C(F)(F)F)c3)c(C)nc2n1. The lowest BCUT2D eigenvalue weighted by molar-refractivity contribution is -0.137. The molecule has 0 bridgehead atoms. The highest BCUT2D eigenvalue weighted by Crippen LogP contribution is 2.30. The van der Waals surface area contributed by atoms with Crippen LogP contribution in [0.1, 0.15) is 80.4 Å². The van der Waals surface area contributed by atoms with E-state index in [1.807, 2.05) is 0 Å². The van der Waals surface area contributed by atoms with Gasteiger partial charge in [0.25, 0.3) is 5.91 Å². The molecule has 0 spiro atoms. The number of benzene rings is 1. The molecule has 0 aliphatic carbocycles. The topological polar surface area (TPSA) is 79.8 Å². The minimum Gasteiger partial charge on any atom is -0.371 e. The Hall–Kier alpha value is -3.17. The second-order valence-corrected chi connectivity index (χ2v) is 9.46. The molecule has 2 aromatic heterocycles. The molecule has 0 aliphatic rings. The number of pyridine rings is 1. The minimum absolute atomic E-state index is 0.0940. The molecule has 0 saturated carbocycles. The van der Waals surface area contributed by atoms with E-state index in [1.54, 1.807) is 19.2 Å². The smallest absolute Gasteiger partial charge is 0.371 e. The first-order valence-corrected chi connectivity index (χ1v) is 12.5. The van der Waals surface area contributed by atoms with Gasteiger partial charge in [-0.3, -0.25) is 4.79 Å². The van der Waals surface area contributed by atoms with Gasteiger partial charge in [-0.15, -0.1) is 0 Å². The van der Waals surface area contributed by atoms with Crippen LogP contribution in [0.3, 0.4) is 0 Å². The fourth-order valence-corrected chi connectivity index (χ4v) is 4.01. The number of carbonyl (C=O) groups excluding carboxylic acids is 1. The van der Waals surface area contributed by atoms with Gasteiger partial charge in [0.1, 0.15) is 19.2 Å². The van der Waals surface area contributed by atoms with Crippen molar-refractivity contribution in [2.45, 2.75) is 77.3 Å². The maximum Gasteiger partial charge on any atom is 0.416 e. The lowest BCUT2D eigenvalue weighted by atomic mass is 9.71. The summed E-state index contributed by atoms with van der Waals surface area (Å²) >= 11 is 0. The summed E-state index contributed by atoms with van der Waals surface area (Å²) in [7, 11) is 2.18. The van der Waals surface area contributed by atoms with E-state index in [9.17, 15) is 18.0 Å². The number of anilines is 2. The molecule has 0 aliphatic heterocycles. The Morgan fingerprint density at radius 1 is 1.06 bits per heavy atom. The first-order chi connectivity index (χ1) is 17.0. The zero-order valence-corrected chi connectivity index (χ0v) is 21.3. The lowest BCUT2D eigenvalue weighted by Crippen LogP contribution is -2.38. The quantitative estimate of drug-likeness (QED) is 0.246. The van der Waals surface area contributed by atoms with Crippen LogP contribution < -0.4 is 10.6 Å². The van der Waals surface area contributed by atoms with Gasteiger partial charge in [0.15, 0.2) is 5.65 Å². The molecular formula is C26H33BF3N5O. The van der Waals surface area contributed by atoms with Gasteiger partial charge in [-0.1, -0.05) is 52.0 Å². The number of fused-ring (bicyclic) bond motifs is 1. The van der Waals surface area contributed by atoms with Crippen molar-refractivity contribution in [3.05, 3.63) is 53.3 Å². The highest BCUT2D eigenvalue weighted by atomic mass is 19.4. The van der Waals surface area contributed by atoms with Crippen molar-refractivity contribution in [3.8, 4) is 0 Å². The Balaban J connectivity index is 1.74. The number of nitrogens with zero attached hydrogens (tertiary/aromatic N) is 3. The summed E-state index contributed by atoms with van der Waals surface area (Å²) in [6.07, 6.45) is 5.17. The highest BCUT2D eigenvalue weighted by molar-refractivity contribution is 6.16. The Bertz CT molecular complexity index is 1200. The predicted octanol–water partition coefficient (Wildman–Crippen LogP) is 6.12. The molecule has 0 fully saturated rings. The van der Waals surface area contributed by atoms with Crippen LogP contribution in [0.5, 0.6) is 0 Å². The summed E-state index contributed by atoms with van der Waals surface area (Å²) in [6, 6.07) is 5.92. The summed E-state index contributed by atoms with van der Waals surface area (Å²) in [5.74, 6) is -0.0256. The third-order valence-corrected chi connectivity index (χ3v) is 6.47. The molecule has 0 saturated heterocycles. The number of aromatic nitrogens is 3. The number of aryl methyl sites for hydroxylation is 1. The lowest BCUT2D eigenvalue weighted by Gasteiger charge is -2.30. The zero-order valence-electron chi connectivity index (χ0n) is 21.3. The zero-order chi connectivity index (χ0) is 26.3. The van der Waals surface area contributed by atoms with Crippen molar-refractivity contribution in [2.75, 3.05) is 10.6 Å². The molecular weight excluding hydrogens is 466 g/mol. The molecule has 1 amide bonds. The average Bonchev–Trinajstić information content (AvgIpc) is 2.84. The van der Waals surface area contributed by atoms with E-state index in [1.165, 1.54) is 37.8 Å². The summed E-state index contributed by atoms with van der Waals surface area (Å²) in [6.45, 7) is 6.06. The van der Waals surface area contributed by atoms with E-state index >= 15 is 0 Å². The Morgan fingerprint density at radius 2 is 1.81 bits per heavy atom. The Kier molecular flexibility index (Phi) is 8.92. The van der Waals surface area contributed by atoms with Crippen LogP contribution in [-0.4, -0.2) is 34.1 Å². The van der Waals surface area contributed by atoms with Crippen molar-refractivity contribution in [3.63, 3.8) is 0 Å². The summed E-state index contributed by atoms with van der Waals surface area (Å²) in [5.41, 5.74) is 0.675. The van der Waals surface area contributed by atoms with Gasteiger partial charge in [0.05, 0.1) is 23.1 Å². The van der Waals surface area contributed by atoms with Gasteiger partial charge < -0.3 is 10.6 Å². The first kappa shape index (κ1) is 27.4. The number of amides is 1.